The van der Waals surface area contributed by atoms with Crippen molar-refractivity contribution in [3.05, 3.63) is 0 Å². The number of carboxylic acid groups (broad SMARTS) is 1. The van der Waals surface area contributed by atoms with Gasteiger partial charge in [-0.1, -0.05) is 12.8 Å². The van der Waals surface area contributed by atoms with Gasteiger partial charge in [-0.15, -0.1) is 0 Å². The molecule has 1 aliphatic rings. The molecule has 0 aromatic carbocycles. The minimum atomic E-state index is -1.31. The Morgan fingerprint density at radius 1 is 1.50 bits per heavy atom. The summed E-state index contributed by atoms with van der Waals surface area (Å²) >= 11 is 0. The van der Waals surface area contributed by atoms with Gasteiger partial charge in [0.05, 0.1) is 0 Å². The van der Waals surface area contributed by atoms with Gasteiger partial charge in [0.1, 0.15) is 5.54 Å². The van der Waals surface area contributed by atoms with Gasteiger partial charge in [-0.25, -0.2) is 0 Å². The van der Waals surface area contributed by atoms with Crippen LogP contribution in [0.3, 0.4) is 0 Å². The summed E-state index contributed by atoms with van der Waals surface area (Å²) in [5.74, 6) is -0.870. The molecule has 0 bridgehead atoms. The van der Waals surface area contributed by atoms with E-state index in [1.54, 1.807) is 0 Å². The maximum Gasteiger partial charge on any atom is 0.451 e. The summed E-state index contributed by atoms with van der Waals surface area (Å²) in [7, 11) is -1.31. The molecule has 16 heavy (non-hydrogen) atoms. The number of nitrogens with two attached hydrogens (primary N) is 1. The Balaban J connectivity index is 2.38. The van der Waals surface area contributed by atoms with Crippen molar-refractivity contribution >= 4 is 13.1 Å². The van der Waals surface area contributed by atoms with Gasteiger partial charge in [0.2, 0.25) is 0 Å². The van der Waals surface area contributed by atoms with Gasteiger partial charge >= 0.3 is 13.1 Å². The van der Waals surface area contributed by atoms with Crippen molar-refractivity contribution in [3.63, 3.8) is 0 Å². The second-order valence-corrected chi connectivity index (χ2v) is 4.46. The molecule has 7 heteroatoms. The zero-order chi connectivity index (χ0) is 12.2. The fourth-order valence-corrected chi connectivity index (χ4v) is 2.13. The van der Waals surface area contributed by atoms with Crippen molar-refractivity contribution in [2.24, 2.45) is 5.73 Å². The number of hydrogen-bond acceptors (Lipinski definition) is 5. The summed E-state index contributed by atoms with van der Waals surface area (Å²) in [6.45, 7) is 0.523. The van der Waals surface area contributed by atoms with Crippen LogP contribution in [0.5, 0.6) is 0 Å². The number of nitrogens with one attached hydrogen (secondary N) is 1. The van der Waals surface area contributed by atoms with Gasteiger partial charge in [-0.2, -0.15) is 0 Å². The van der Waals surface area contributed by atoms with Crippen molar-refractivity contribution in [1.82, 2.24) is 5.32 Å². The van der Waals surface area contributed by atoms with Crippen molar-refractivity contribution < 1.29 is 19.9 Å². The Morgan fingerprint density at radius 2 is 2.19 bits per heavy atom. The van der Waals surface area contributed by atoms with E-state index in [2.05, 4.69) is 5.32 Å². The Bertz CT molecular complexity index is 252. The quantitative estimate of drug-likeness (QED) is 0.288. The SMILES string of the molecule is N[C@H]1CN[C@](CCCCB(O)O)(C(=O)O)C1. The highest BCUT2D eigenvalue weighted by molar-refractivity contribution is 6.40. The molecule has 0 amide bonds. The summed E-state index contributed by atoms with van der Waals surface area (Å²) in [6, 6.07) is -0.112. The van der Waals surface area contributed by atoms with Crippen molar-refractivity contribution in [2.75, 3.05) is 6.54 Å². The van der Waals surface area contributed by atoms with Crippen molar-refractivity contribution in [1.29, 1.82) is 0 Å². The molecule has 0 aromatic rings. The number of unbranched alkanes of at least 4 members (excludes halogenated alkanes) is 1. The molecule has 0 saturated carbocycles. The fraction of sp³-hybridized carbons (Fsp3) is 0.889. The van der Waals surface area contributed by atoms with E-state index in [9.17, 15) is 9.90 Å². The third-order valence-electron chi connectivity index (χ3n) is 3.04. The predicted molar refractivity (Wildman–Crippen MR) is 59.8 cm³/mol. The summed E-state index contributed by atoms with van der Waals surface area (Å²) in [6.07, 6.45) is 2.43. The first-order valence-electron chi connectivity index (χ1n) is 5.56. The fourth-order valence-electron chi connectivity index (χ4n) is 2.13. The van der Waals surface area contributed by atoms with Crippen LogP contribution >= 0.6 is 0 Å². The lowest BCUT2D eigenvalue weighted by atomic mass is 9.81. The predicted octanol–water partition coefficient (Wildman–Crippen LogP) is -1.23. The van der Waals surface area contributed by atoms with Crippen LogP contribution in [0.25, 0.3) is 0 Å². The zero-order valence-electron chi connectivity index (χ0n) is 9.22. The molecule has 6 nitrogen and oxygen atoms in total. The summed E-state index contributed by atoms with van der Waals surface area (Å²) in [5.41, 5.74) is 4.78. The minimum absolute atomic E-state index is 0.112. The van der Waals surface area contributed by atoms with E-state index in [1.807, 2.05) is 0 Å². The molecule has 1 aliphatic heterocycles. The summed E-state index contributed by atoms with van der Waals surface area (Å²) < 4.78 is 0. The molecular formula is C9H19BN2O4. The van der Waals surface area contributed by atoms with Crippen molar-refractivity contribution in [3.8, 4) is 0 Å². The van der Waals surface area contributed by atoms with Crippen LogP contribution in [0.4, 0.5) is 0 Å². The van der Waals surface area contributed by atoms with E-state index in [0.717, 1.165) is 0 Å². The van der Waals surface area contributed by atoms with Crippen LogP contribution in [-0.2, 0) is 4.79 Å². The van der Waals surface area contributed by atoms with Crippen LogP contribution in [0.1, 0.15) is 25.7 Å². The van der Waals surface area contributed by atoms with Gasteiger partial charge in [-0.3, -0.25) is 4.79 Å². The number of aliphatic carboxylic acids is 1. The molecule has 6 N–H and O–H groups in total. The Morgan fingerprint density at radius 3 is 2.62 bits per heavy atom. The van der Waals surface area contributed by atoms with E-state index in [1.165, 1.54) is 0 Å². The highest BCUT2D eigenvalue weighted by atomic mass is 16.4. The number of rotatable bonds is 6. The third-order valence-corrected chi connectivity index (χ3v) is 3.04. The average molecular weight is 230 g/mol. The average Bonchev–Trinajstić information content (AvgIpc) is 2.56. The van der Waals surface area contributed by atoms with Gasteiger partial charge < -0.3 is 26.2 Å². The number of hydrogen-bond donors (Lipinski definition) is 5. The first-order valence-corrected chi connectivity index (χ1v) is 5.56. The van der Waals surface area contributed by atoms with Crippen LogP contribution in [-0.4, -0.2) is 46.4 Å². The van der Waals surface area contributed by atoms with E-state index >= 15 is 0 Å². The second kappa shape index (κ2) is 5.63. The first kappa shape index (κ1) is 13.4. The summed E-state index contributed by atoms with van der Waals surface area (Å²) in [5, 5.41) is 29.5. The first-order chi connectivity index (χ1) is 7.46. The molecule has 1 heterocycles. The van der Waals surface area contributed by atoms with Crippen LogP contribution in [0, 0.1) is 0 Å². The monoisotopic (exact) mass is 230 g/mol. The van der Waals surface area contributed by atoms with Gasteiger partial charge in [0.15, 0.2) is 0 Å². The van der Waals surface area contributed by atoms with E-state index in [4.69, 9.17) is 15.8 Å². The van der Waals surface area contributed by atoms with Crippen LogP contribution in [0.2, 0.25) is 6.32 Å². The number of carboxylic acids is 1. The maximum atomic E-state index is 11.2. The standard InChI is InChI=1S/C9H19BN2O4/c11-7-5-9(8(13)14,12-6-7)3-1-2-4-10(15)16/h7,12,15-16H,1-6,11H2,(H,13,14)/t7-,9+/m1/s1. The molecule has 1 rings (SSSR count). The highest BCUT2D eigenvalue weighted by Crippen LogP contribution is 2.25. The Labute approximate surface area is 95.0 Å². The van der Waals surface area contributed by atoms with Gasteiger partial charge in [-0.05, 0) is 19.2 Å². The second-order valence-electron chi connectivity index (χ2n) is 4.46. The van der Waals surface area contributed by atoms with E-state index in [0.29, 0.717) is 32.2 Å². The van der Waals surface area contributed by atoms with Gasteiger partial charge in [0.25, 0.3) is 0 Å². The molecule has 1 fully saturated rings. The molecular weight excluding hydrogens is 211 g/mol. The minimum Gasteiger partial charge on any atom is -0.480 e. The molecule has 0 spiro atoms. The third kappa shape index (κ3) is 3.45. The molecule has 0 radical (unpaired) electrons. The topological polar surface area (TPSA) is 116 Å². The van der Waals surface area contributed by atoms with Crippen molar-refractivity contribution in [2.45, 2.75) is 43.6 Å². The smallest absolute Gasteiger partial charge is 0.451 e. The largest absolute Gasteiger partial charge is 0.480 e. The molecule has 1 saturated heterocycles. The lowest BCUT2D eigenvalue weighted by Crippen LogP contribution is -2.47. The number of carbonyl (C=O) groups is 1. The normalized spacial score (nSPS) is 29.3. The lowest BCUT2D eigenvalue weighted by Gasteiger charge is -2.24. The zero-order valence-corrected chi connectivity index (χ0v) is 9.22. The molecule has 92 valence electrons. The van der Waals surface area contributed by atoms with Gasteiger partial charge in [0, 0.05) is 12.6 Å². The molecule has 0 unspecified atom stereocenters. The summed E-state index contributed by atoms with van der Waals surface area (Å²) in [4.78, 5) is 11.2. The maximum absolute atomic E-state index is 11.2. The molecule has 0 aromatic heterocycles. The van der Waals surface area contributed by atoms with E-state index in [-0.39, 0.29) is 12.4 Å². The van der Waals surface area contributed by atoms with Crippen LogP contribution < -0.4 is 11.1 Å². The van der Waals surface area contributed by atoms with Crippen LogP contribution in [0.15, 0.2) is 0 Å². The van der Waals surface area contributed by atoms with E-state index < -0.39 is 18.6 Å². The Hall–Kier alpha value is -0.625. The Kier molecular flexibility index (Phi) is 4.73. The molecule has 2 atom stereocenters. The molecule has 0 aliphatic carbocycles. The lowest BCUT2D eigenvalue weighted by molar-refractivity contribution is -0.144. The highest BCUT2D eigenvalue weighted by Gasteiger charge is 2.43.